The Morgan fingerprint density at radius 3 is 2.42 bits per heavy atom. The number of fused-ring (bicyclic) bond motifs is 2. The van der Waals surface area contributed by atoms with Crippen molar-refractivity contribution in [2.75, 3.05) is 11.4 Å². The van der Waals surface area contributed by atoms with E-state index in [1.807, 2.05) is 0 Å². The van der Waals surface area contributed by atoms with E-state index in [1.165, 1.54) is 20.0 Å². The van der Waals surface area contributed by atoms with Gasteiger partial charge in [0.1, 0.15) is 11.6 Å². The number of piperidine rings is 1. The van der Waals surface area contributed by atoms with E-state index in [2.05, 4.69) is 20.5 Å². The third-order valence-electron chi connectivity index (χ3n) is 6.57. The maximum Gasteiger partial charge on any atom is 0.263 e. The van der Waals surface area contributed by atoms with E-state index < -0.39 is 42.0 Å². The van der Waals surface area contributed by atoms with Crippen LogP contribution in [0.5, 0.6) is 5.75 Å². The number of rotatable bonds is 8. The topological polar surface area (TPSA) is 83.6 Å². The molecule has 2 fully saturated rings. The summed E-state index contributed by atoms with van der Waals surface area (Å²) in [5.74, 6) is -2.14. The summed E-state index contributed by atoms with van der Waals surface area (Å²) in [5, 5.41) is 5.16. The molecule has 0 unspecified atom stereocenters. The van der Waals surface area contributed by atoms with Crippen LogP contribution >= 0.6 is 0 Å². The van der Waals surface area contributed by atoms with E-state index >= 15 is 0 Å². The van der Waals surface area contributed by atoms with E-state index in [4.69, 9.17) is 4.74 Å². The molecule has 0 saturated carbocycles. The quantitative estimate of drug-likeness (QED) is 0.530. The lowest BCUT2D eigenvalue weighted by Gasteiger charge is -2.40. The molecule has 0 radical (unpaired) electrons. The van der Waals surface area contributed by atoms with Crippen molar-refractivity contribution in [1.82, 2.24) is 15.6 Å². The maximum absolute atomic E-state index is 14.0. The van der Waals surface area contributed by atoms with Gasteiger partial charge in [0, 0.05) is 30.4 Å². The molecular formula is C25H28F4N4O3. The Balaban J connectivity index is 1.36. The highest BCUT2D eigenvalue weighted by Crippen LogP contribution is 2.38. The Labute approximate surface area is 206 Å². The normalized spacial score (nSPS) is 21.4. The van der Waals surface area contributed by atoms with Crippen molar-refractivity contribution in [3.63, 3.8) is 0 Å². The summed E-state index contributed by atoms with van der Waals surface area (Å²) in [4.78, 5) is 31.5. The van der Waals surface area contributed by atoms with Crippen LogP contribution < -0.4 is 20.3 Å². The third kappa shape index (κ3) is 5.71. The number of aromatic nitrogens is 1. The summed E-state index contributed by atoms with van der Waals surface area (Å²) in [7, 11) is 0. The summed E-state index contributed by atoms with van der Waals surface area (Å²) in [6.07, 6.45) is 1.91. The average molecular weight is 509 g/mol. The monoisotopic (exact) mass is 508 g/mol. The fourth-order valence-corrected chi connectivity index (χ4v) is 4.85. The van der Waals surface area contributed by atoms with E-state index in [1.54, 1.807) is 12.1 Å². The smallest absolute Gasteiger partial charge is 0.263 e. The fraction of sp³-hybridized carbons (Fsp3) is 0.480. The van der Waals surface area contributed by atoms with Gasteiger partial charge in [0.15, 0.2) is 17.2 Å². The van der Waals surface area contributed by atoms with Crippen LogP contribution in [0.25, 0.3) is 0 Å². The van der Waals surface area contributed by atoms with Gasteiger partial charge in [-0.15, -0.1) is 0 Å². The first kappa shape index (κ1) is 25.7. The number of alkyl halides is 2. The first-order chi connectivity index (χ1) is 17.0. The van der Waals surface area contributed by atoms with E-state index in [-0.39, 0.29) is 29.4 Å². The molecule has 1 aromatic heterocycles. The number of benzene rings is 1. The molecule has 2 aromatic rings. The second-order valence-corrected chi connectivity index (χ2v) is 9.63. The zero-order valence-corrected chi connectivity index (χ0v) is 19.9. The van der Waals surface area contributed by atoms with E-state index in [0.717, 1.165) is 25.0 Å². The Kier molecular flexibility index (Phi) is 7.37. The number of hydrogen-bond acceptors (Lipinski definition) is 5. The second kappa shape index (κ2) is 10.3. The van der Waals surface area contributed by atoms with Crippen LogP contribution in [0.2, 0.25) is 0 Å². The Bertz CT molecular complexity index is 1100. The van der Waals surface area contributed by atoms with Crippen LogP contribution in [-0.4, -0.2) is 53.5 Å². The molecule has 3 atom stereocenters. The van der Waals surface area contributed by atoms with Crippen molar-refractivity contribution in [3.8, 4) is 5.75 Å². The number of carbonyl (C=O) groups is 2. The van der Waals surface area contributed by atoms with Crippen LogP contribution in [0.4, 0.5) is 23.4 Å². The first-order valence-electron chi connectivity index (χ1n) is 11.8. The summed E-state index contributed by atoms with van der Waals surface area (Å²) < 4.78 is 57.4. The number of anilines is 1. The fourth-order valence-electron chi connectivity index (χ4n) is 4.85. The summed E-state index contributed by atoms with van der Waals surface area (Å²) in [6, 6.07) is 6.31. The Hall–Kier alpha value is -3.37. The predicted octanol–water partition coefficient (Wildman–Crippen LogP) is 3.83. The Morgan fingerprint density at radius 1 is 1.14 bits per heavy atom. The largest absolute Gasteiger partial charge is 0.475 e. The molecule has 2 amide bonds. The van der Waals surface area contributed by atoms with Crippen LogP contribution in [0, 0.1) is 11.6 Å². The van der Waals surface area contributed by atoms with Gasteiger partial charge < -0.3 is 20.3 Å². The van der Waals surface area contributed by atoms with Crippen molar-refractivity contribution >= 4 is 17.6 Å². The standard InChI is InChI=1S/C25H28F4N4O3/c1-25(2,36-20-7-4-15(26)9-19(20)27)24(35)32-16-10-17-5-6-18(11-16)33(17)22-8-3-14(12-30-22)23(34)31-13-21(28)29/h3-4,7-9,12,16-18,21H,5-6,10-11,13H2,1-2H3,(H,31,34)(H,32,35)/t16-,17+,18-. The number of carbonyl (C=O) groups excluding carboxylic acids is 2. The number of nitrogens with one attached hydrogen (secondary N) is 2. The second-order valence-electron chi connectivity index (χ2n) is 9.63. The molecule has 0 spiro atoms. The molecule has 1 aromatic carbocycles. The molecule has 11 heteroatoms. The lowest BCUT2D eigenvalue weighted by molar-refractivity contribution is -0.135. The molecule has 7 nitrogen and oxygen atoms in total. The lowest BCUT2D eigenvalue weighted by Crippen LogP contribution is -2.55. The molecule has 2 saturated heterocycles. The number of pyridine rings is 1. The van der Waals surface area contributed by atoms with Gasteiger partial charge in [-0.3, -0.25) is 9.59 Å². The number of halogens is 4. The molecule has 2 bridgehead atoms. The lowest BCUT2D eigenvalue weighted by atomic mass is 9.96. The van der Waals surface area contributed by atoms with Crippen molar-refractivity contribution in [1.29, 1.82) is 0 Å². The van der Waals surface area contributed by atoms with Crippen LogP contribution in [0.1, 0.15) is 49.9 Å². The predicted molar refractivity (Wildman–Crippen MR) is 124 cm³/mol. The minimum absolute atomic E-state index is 0.119. The van der Waals surface area contributed by atoms with Gasteiger partial charge in [0.25, 0.3) is 18.2 Å². The molecule has 4 rings (SSSR count). The number of ether oxygens (including phenoxy) is 1. The van der Waals surface area contributed by atoms with Crippen molar-refractivity contribution in [2.24, 2.45) is 0 Å². The van der Waals surface area contributed by atoms with Crippen molar-refractivity contribution in [3.05, 3.63) is 53.7 Å². The van der Waals surface area contributed by atoms with Gasteiger partial charge >= 0.3 is 0 Å². The highest BCUT2D eigenvalue weighted by atomic mass is 19.3. The van der Waals surface area contributed by atoms with Gasteiger partial charge in [-0.25, -0.2) is 22.5 Å². The van der Waals surface area contributed by atoms with Crippen LogP contribution in [-0.2, 0) is 4.79 Å². The van der Waals surface area contributed by atoms with Gasteiger partial charge in [-0.05, 0) is 63.8 Å². The van der Waals surface area contributed by atoms with Crippen molar-refractivity contribution < 1.29 is 31.9 Å². The summed E-state index contributed by atoms with van der Waals surface area (Å²) >= 11 is 0. The molecular weight excluding hydrogens is 480 g/mol. The average Bonchev–Trinajstić information content (AvgIpc) is 3.09. The number of amides is 2. The maximum atomic E-state index is 14.0. The van der Waals surface area contributed by atoms with Crippen LogP contribution in [0.3, 0.4) is 0 Å². The molecule has 2 aliphatic rings. The molecule has 36 heavy (non-hydrogen) atoms. The summed E-state index contributed by atoms with van der Waals surface area (Å²) in [5.41, 5.74) is -1.18. The molecule has 2 aliphatic heterocycles. The van der Waals surface area contributed by atoms with Crippen LogP contribution in [0.15, 0.2) is 36.5 Å². The first-order valence-corrected chi connectivity index (χ1v) is 11.8. The molecule has 3 heterocycles. The SMILES string of the molecule is CC(C)(Oc1ccc(F)cc1F)C(=O)N[C@H]1C[C@H]2CC[C@@H](C1)N2c1ccc(C(=O)NCC(F)F)cn1. The highest BCUT2D eigenvalue weighted by molar-refractivity contribution is 5.94. The number of nitrogens with zero attached hydrogens (tertiary/aromatic N) is 2. The van der Waals surface area contributed by atoms with Crippen molar-refractivity contribution in [2.45, 2.75) is 69.7 Å². The summed E-state index contributed by atoms with van der Waals surface area (Å²) in [6.45, 7) is 2.33. The Morgan fingerprint density at radius 2 is 1.83 bits per heavy atom. The van der Waals surface area contributed by atoms with Gasteiger partial charge in [-0.2, -0.15) is 0 Å². The zero-order chi connectivity index (χ0) is 26.0. The highest BCUT2D eigenvalue weighted by Gasteiger charge is 2.43. The molecule has 2 N–H and O–H groups in total. The van der Waals surface area contributed by atoms with Gasteiger partial charge in [0.2, 0.25) is 0 Å². The third-order valence-corrected chi connectivity index (χ3v) is 6.57. The number of hydrogen-bond donors (Lipinski definition) is 2. The van der Waals surface area contributed by atoms with Gasteiger partial charge in [0.05, 0.1) is 12.1 Å². The minimum Gasteiger partial charge on any atom is -0.475 e. The molecule has 194 valence electrons. The van der Waals surface area contributed by atoms with Gasteiger partial charge in [-0.1, -0.05) is 0 Å². The minimum atomic E-state index is -2.63. The molecule has 0 aliphatic carbocycles. The zero-order valence-electron chi connectivity index (χ0n) is 19.9. The van der Waals surface area contributed by atoms with E-state index in [0.29, 0.717) is 24.7 Å². The van der Waals surface area contributed by atoms with E-state index in [9.17, 15) is 27.2 Å².